The van der Waals surface area contributed by atoms with E-state index in [1.54, 1.807) is 38.5 Å². The summed E-state index contributed by atoms with van der Waals surface area (Å²) in [4.78, 5) is 0. The quantitative estimate of drug-likeness (QED) is 0.301. The summed E-state index contributed by atoms with van der Waals surface area (Å²) in [6.45, 7) is 19.8. The van der Waals surface area contributed by atoms with Gasteiger partial charge in [-0.2, -0.15) is 0 Å². The molecule has 0 N–H and O–H groups in total. The third kappa shape index (κ3) is 7.70. The minimum Gasteiger partial charge on any atom is -0.0654 e. The number of fused-ring (bicyclic) bond motifs is 1. The molecular formula is C39H72. The summed E-state index contributed by atoms with van der Waals surface area (Å²) >= 11 is 0. The first kappa shape index (κ1) is 31.9. The number of hydrogen-bond acceptors (Lipinski definition) is 0. The maximum Gasteiger partial charge on any atom is -0.0321 e. The summed E-state index contributed by atoms with van der Waals surface area (Å²) < 4.78 is 0. The molecule has 5 aliphatic rings. The standard InChI is InChI=1S/C24H44.C15H28/c1-5-8-11-21-17(4)15-20-10-9-12-22(20)24(21)23-16-18(6-2)13-14-19(23)7-3;1-10-5-6-14(7-10)15-8-11(2)13(4)12(3)9-15/h17-24H,5-16H2,1-4H3;10-15H,5-9H2,1-4H3. The van der Waals surface area contributed by atoms with Gasteiger partial charge in [0.05, 0.1) is 0 Å². The van der Waals surface area contributed by atoms with Crippen LogP contribution in [0, 0.1) is 82.9 Å². The lowest BCUT2D eigenvalue weighted by molar-refractivity contribution is -0.0297. The second kappa shape index (κ2) is 14.9. The van der Waals surface area contributed by atoms with Crippen LogP contribution in [0.2, 0.25) is 0 Å². The highest BCUT2D eigenvalue weighted by molar-refractivity contribution is 4.99. The van der Waals surface area contributed by atoms with Crippen LogP contribution in [-0.4, -0.2) is 0 Å². The van der Waals surface area contributed by atoms with Gasteiger partial charge in [0, 0.05) is 0 Å². The highest BCUT2D eigenvalue weighted by atomic mass is 14.5. The van der Waals surface area contributed by atoms with Crippen LogP contribution in [0.1, 0.15) is 165 Å². The third-order valence-electron chi connectivity index (χ3n) is 14.3. The van der Waals surface area contributed by atoms with Gasteiger partial charge in [-0.1, -0.05) is 107 Å². The zero-order valence-electron chi connectivity index (χ0n) is 28.1. The van der Waals surface area contributed by atoms with E-state index >= 15 is 0 Å². The molecule has 5 fully saturated rings. The molecule has 228 valence electrons. The fraction of sp³-hybridized carbons (Fsp3) is 1.00. The Labute approximate surface area is 247 Å². The molecule has 0 bridgehead atoms. The summed E-state index contributed by atoms with van der Waals surface area (Å²) in [5.74, 6) is 14.6. The summed E-state index contributed by atoms with van der Waals surface area (Å²) in [5.41, 5.74) is 0. The summed E-state index contributed by atoms with van der Waals surface area (Å²) in [7, 11) is 0. The van der Waals surface area contributed by atoms with Crippen LogP contribution in [0.5, 0.6) is 0 Å². The van der Waals surface area contributed by atoms with Gasteiger partial charge in [-0.3, -0.25) is 0 Å². The van der Waals surface area contributed by atoms with E-state index in [0.29, 0.717) is 0 Å². The van der Waals surface area contributed by atoms with Gasteiger partial charge in [-0.05, 0) is 141 Å². The highest BCUT2D eigenvalue weighted by Gasteiger charge is 2.49. The lowest BCUT2D eigenvalue weighted by Gasteiger charge is -2.52. The van der Waals surface area contributed by atoms with E-state index in [0.717, 1.165) is 82.9 Å². The van der Waals surface area contributed by atoms with Crippen LogP contribution in [-0.2, 0) is 0 Å². The fourth-order valence-corrected chi connectivity index (χ4v) is 11.6. The normalized spacial score (nSPS) is 48.3. The maximum atomic E-state index is 2.63. The molecule has 0 heterocycles. The van der Waals surface area contributed by atoms with Gasteiger partial charge in [0.15, 0.2) is 0 Å². The Hall–Kier alpha value is 0. The molecular weight excluding hydrogens is 468 g/mol. The predicted octanol–water partition coefficient (Wildman–Crippen LogP) is 12.5. The van der Waals surface area contributed by atoms with Gasteiger partial charge in [-0.25, -0.2) is 0 Å². The van der Waals surface area contributed by atoms with Crippen LogP contribution >= 0.6 is 0 Å². The van der Waals surface area contributed by atoms with E-state index in [1.807, 2.05) is 0 Å². The highest BCUT2D eigenvalue weighted by Crippen LogP contribution is 2.58. The first-order valence-corrected chi connectivity index (χ1v) is 18.8. The van der Waals surface area contributed by atoms with Gasteiger partial charge in [-0.15, -0.1) is 0 Å². The van der Waals surface area contributed by atoms with Crippen molar-refractivity contribution in [3.8, 4) is 0 Å². The van der Waals surface area contributed by atoms with E-state index in [2.05, 4.69) is 55.4 Å². The Morgan fingerprint density at radius 1 is 0.564 bits per heavy atom. The molecule has 0 radical (unpaired) electrons. The first-order chi connectivity index (χ1) is 18.8. The Morgan fingerprint density at radius 2 is 1.28 bits per heavy atom. The minimum atomic E-state index is 0.958. The van der Waals surface area contributed by atoms with Crippen molar-refractivity contribution in [3.05, 3.63) is 0 Å². The van der Waals surface area contributed by atoms with Crippen LogP contribution < -0.4 is 0 Å². The first-order valence-electron chi connectivity index (χ1n) is 18.8. The lowest BCUT2D eigenvalue weighted by Crippen LogP contribution is -2.45. The topological polar surface area (TPSA) is 0 Å². The van der Waals surface area contributed by atoms with Gasteiger partial charge in [0.2, 0.25) is 0 Å². The van der Waals surface area contributed by atoms with Crippen molar-refractivity contribution in [1.82, 2.24) is 0 Å². The van der Waals surface area contributed by atoms with Gasteiger partial charge >= 0.3 is 0 Å². The summed E-state index contributed by atoms with van der Waals surface area (Å²) in [6, 6.07) is 0. The molecule has 0 aliphatic heterocycles. The SMILES string of the molecule is CC1CCC(C2CC(C)C(C)C(C)C2)C1.CCCCC1C(C)CC2CCCC2C1C1CC(CC)CCC1CC. The molecule has 12 unspecified atom stereocenters. The molecule has 5 aliphatic carbocycles. The number of rotatable bonds is 7. The van der Waals surface area contributed by atoms with Crippen molar-refractivity contribution in [2.45, 2.75) is 165 Å². The van der Waals surface area contributed by atoms with Crippen LogP contribution in [0.15, 0.2) is 0 Å². The zero-order valence-corrected chi connectivity index (χ0v) is 28.1. The predicted molar refractivity (Wildman–Crippen MR) is 173 cm³/mol. The van der Waals surface area contributed by atoms with Crippen LogP contribution in [0.4, 0.5) is 0 Å². The molecule has 0 amide bonds. The van der Waals surface area contributed by atoms with E-state index in [9.17, 15) is 0 Å². The molecule has 0 aromatic heterocycles. The van der Waals surface area contributed by atoms with Crippen molar-refractivity contribution < 1.29 is 0 Å². The Balaban J connectivity index is 0.000000202. The second-order valence-electron chi connectivity index (χ2n) is 16.6. The van der Waals surface area contributed by atoms with Crippen LogP contribution in [0.3, 0.4) is 0 Å². The lowest BCUT2D eigenvalue weighted by atomic mass is 9.53. The molecule has 5 saturated carbocycles. The number of unbranched alkanes of at least 4 members (excludes halogenated alkanes) is 1. The van der Waals surface area contributed by atoms with E-state index in [1.165, 1.54) is 70.6 Å². The second-order valence-corrected chi connectivity index (χ2v) is 16.6. The van der Waals surface area contributed by atoms with Crippen LogP contribution in [0.25, 0.3) is 0 Å². The van der Waals surface area contributed by atoms with E-state index in [4.69, 9.17) is 0 Å². The monoisotopic (exact) mass is 541 g/mol. The van der Waals surface area contributed by atoms with Crippen molar-refractivity contribution in [1.29, 1.82) is 0 Å². The van der Waals surface area contributed by atoms with Gasteiger partial charge in [0.1, 0.15) is 0 Å². The van der Waals surface area contributed by atoms with Crippen molar-refractivity contribution in [2.75, 3.05) is 0 Å². The fourth-order valence-electron chi connectivity index (χ4n) is 11.6. The molecule has 39 heavy (non-hydrogen) atoms. The van der Waals surface area contributed by atoms with Crippen molar-refractivity contribution >= 4 is 0 Å². The molecule has 0 spiro atoms. The largest absolute Gasteiger partial charge is 0.0654 e. The number of hydrogen-bond donors (Lipinski definition) is 0. The molecule has 12 atom stereocenters. The summed E-state index contributed by atoms with van der Waals surface area (Å²) in [5, 5.41) is 0. The molecule has 0 nitrogen and oxygen atoms in total. The zero-order chi connectivity index (χ0) is 28.1. The Bertz CT molecular complexity index is 682. The third-order valence-corrected chi connectivity index (χ3v) is 14.3. The van der Waals surface area contributed by atoms with E-state index < -0.39 is 0 Å². The average molecular weight is 541 g/mol. The molecule has 0 aromatic carbocycles. The average Bonchev–Trinajstić information content (AvgIpc) is 3.58. The minimum absolute atomic E-state index is 0.958. The summed E-state index contributed by atoms with van der Waals surface area (Å²) in [6.07, 6.45) is 25.8. The Morgan fingerprint density at radius 3 is 1.90 bits per heavy atom. The van der Waals surface area contributed by atoms with Crippen molar-refractivity contribution in [2.24, 2.45) is 82.9 Å². The molecule has 0 heteroatoms. The molecule has 0 saturated heterocycles. The smallest absolute Gasteiger partial charge is 0.0321 e. The van der Waals surface area contributed by atoms with E-state index in [-0.39, 0.29) is 0 Å². The van der Waals surface area contributed by atoms with Gasteiger partial charge in [0.25, 0.3) is 0 Å². The Kier molecular flexibility index (Phi) is 12.2. The maximum absolute atomic E-state index is 2.63. The molecule has 0 aromatic rings. The van der Waals surface area contributed by atoms with Gasteiger partial charge < -0.3 is 0 Å². The molecule has 5 rings (SSSR count). The van der Waals surface area contributed by atoms with Crippen molar-refractivity contribution in [3.63, 3.8) is 0 Å².